The Kier molecular flexibility index (Phi) is 6.79. The lowest BCUT2D eigenvalue weighted by atomic mass is 9.81. The van der Waals surface area contributed by atoms with E-state index in [-0.39, 0.29) is 17.8 Å². The van der Waals surface area contributed by atoms with Crippen LogP contribution in [0.1, 0.15) is 25.3 Å². The highest BCUT2D eigenvalue weighted by molar-refractivity contribution is 7.98. The Morgan fingerprint density at radius 1 is 1.21 bits per heavy atom. The molecule has 0 bridgehead atoms. The highest BCUT2D eigenvalue weighted by Crippen LogP contribution is 2.30. The Morgan fingerprint density at radius 2 is 1.97 bits per heavy atom. The summed E-state index contributed by atoms with van der Waals surface area (Å²) in [6, 6.07) is 13.6. The average Bonchev–Trinajstić information content (AvgIpc) is 2.73. The molecule has 0 radical (unpaired) electrons. The van der Waals surface area contributed by atoms with Gasteiger partial charge in [0.2, 0.25) is 5.91 Å². The van der Waals surface area contributed by atoms with Gasteiger partial charge in [0.15, 0.2) is 0 Å². The van der Waals surface area contributed by atoms with Gasteiger partial charge in [-0.3, -0.25) is 4.79 Å². The predicted octanol–water partition coefficient (Wildman–Crippen LogP) is 4.50. The Labute approximate surface area is 175 Å². The van der Waals surface area contributed by atoms with E-state index in [9.17, 15) is 14.0 Å². The number of urea groups is 1. The summed E-state index contributed by atoms with van der Waals surface area (Å²) >= 11 is 1.62. The van der Waals surface area contributed by atoms with Gasteiger partial charge in [0.1, 0.15) is 5.82 Å². The van der Waals surface area contributed by atoms with Crippen LogP contribution in [-0.2, 0) is 11.3 Å². The Balaban J connectivity index is 1.59. The molecule has 3 amide bonds. The average molecular weight is 416 g/mol. The van der Waals surface area contributed by atoms with Gasteiger partial charge in [-0.25, -0.2) is 9.18 Å². The predicted molar refractivity (Wildman–Crippen MR) is 114 cm³/mol. The molecule has 29 heavy (non-hydrogen) atoms. The first-order chi connectivity index (χ1) is 13.9. The molecule has 2 N–H and O–H groups in total. The second-order valence-electron chi connectivity index (χ2n) is 7.56. The first-order valence-corrected chi connectivity index (χ1v) is 10.8. The molecule has 0 spiro atoms. The van der Waals surface area contributed by atoms with E-state index in [4.69, 9.17) is 0 Å². The van der Waals surface area contributed by atoms with Crippen LogP contribution in [0.4, 0.5) is 14.9 Å². The van der Waals surface area contributed by atoms with Crippen molar-refractivity contribution in [1.29, 1.82) is 0 Å². The number of rotatable bonds is 5. The van der Waals surface area contributed by atoms with Crippen LogP contribution in [-0.4, -0.2) is 36.2 Å². The number of hydrogen-bond acceptors (Lipinski definition) is 3. The number of carbonyl (C=O) groups is 2. The molecule has 154 valence electrons. The second kappa shape index (κ2) is 9.31. The minimum atomic E-state index is -0.656. The molecule has 0 unspecified atom stereocenters. The summed E-state index contributed by atoms with van der Waals surface area (Å²) in [6.45, 7) is 3.20. The maximum atomic E-state index is 13.0. The highest BCUT2D eigenvalue weighted by atomic mass is 32.2. The molecular weight excluding hydrogens is 389 g/mol. The van der Waals surface area contributed by atoms with Crippen LogP contribution in [0.3, 0.4) is 0 Å². The molecule has 1 heterocycles. The molecule has 3 rings (SSSR count). The van der Waals surface area contributed by atoms with Crippen molar-refractivity contribution in [3.8, 4) is 0 Å². The lowest BCUT2D eigenvalue weighted by Crippen LogP contribution is -2.52. The van der Waals surface area contributed by atoms with E-state index >= 15 is 0 Å². The Hall–Kier alpha value is -2.54. The van der Waals surface area contributed by atoms with Crippen molar-refractivity contribution >= 4 is 29.4 Å². The van der Waals surface area contributed by atoms with Crippen LogP contribution in [0.2, 0.25) is 0 Å². The SMILES string of the molecule is CSc1cccc(NC(=O)N2CCC[C@@](C)(C(=O)NCc3ccc(F)cc3)C2)c1. The first-order valence-electron chi connectivity index (χ1n) is 9.62. The molecular formula is C22H26FN3O2S. The van der Waals surface area contributed by atoms with Crippen LogP contribution < -0.4 is 10.6 Å². The summed E-state index contributed by atoms with van der Waals surface area (Å²) in [5, 5.41) is 5.86. The van der Waals surface area contributed by atoms with Crippen molar-refractivity contribution in [1.82, 2.24) is 10.2 Å². The smallest absolute Gasteiger partial charge is 0.321 e. The summed E-state index contributed by atoms with van der Waals surface area (Å²) in [5.74, 6) is -0.396. The zero-order valence-corrected chi connectivity index (χ0v) is 17.5. The van der Waals surface area contributed by atoms with Gasteiger partial charge in [-0.05, 0) is 61.9 Å². The number of thioether (sulfide) groups is 1. The van der Waals surface area contributed by atoms with Crippen molar-refractivity contribution < 1.29 is 14.0 Å². The monoisotopic (exact) mass is 415 g/mol. The van der Waals surface area contributed by atoms with Crippen molar-refractivity contribution in [2.45, 2.75) is 31.2 Å². The number of likely N-dealkylation sites (tertiary alicyclic amines) is 1. The zero-order valence-electron chi connectivity index (χ0n) is 16.7. The first kappa shape index (κ1) is 21.2. The van der Waals surface area contributed by atoms with E-state index in [1.54, 1.807) is 28.8 Å². The molecule has 1 saturated heterocycles. The number of halogens is 1. The van der Waals surface area contributed by atoms with Gasteiger partial charge < -0.3 is 15.5 Å². The van der Waals surface area contributed by atoms with Gasteiger partial charge in [0.05, 0.1) is 5.41 Å². The van der Waals surface area contributed by atoms with Crippen LogP contribution >= 0.6 is 11.8 Å². The van der Waals surface area contributed by atoms with Crippen LogP contribution in [0.25, 0.3) is 0 Å². The number of carbonyl (C=O) groups excluding carboxylic acids is 2. The fourth-order valence-electron chi connectivity index (χ4n) is 3.50. The zero-order chi connectivity index (χ0) is 20.9. The lowest BCUT2D eigenvalue weighted by molar-refractivity contribution is -0.132. The summed E-state index contributed by atoms with van der Waals surface area (Å²) in [7, 11) is 0. The van der Waals surface area contributed by atoms with Gasteiger partial charge in [0.25, 0.3) is 0 Å². The molecule has 2 aromatic rings. The highest BCUT2D eigenvalue weighted by Gasteiger charge is 2.39. The van der Waals surface area contributed by atoms with Gasteiger partial charge in [-0.1, -0.05) is 18.2 Å². The van der Waals surface area contributed by atoms with Gasteiger partial charge >= 0.3 is 6.03 Å². The minimum Gasteiger partial charge on any atom is -0.351 e. The maximum Gasteiger partial charge on any atom is 0.321 e. The quantitative estimate of drug-likeness (QED) is 0.707. The standard InChI is InChI=1S/C22H26FN3O2S/c1-22(20(27)24-14-16-7-9-17(23)10-8-16)11-4-12-26(15-22)21(28)25-18-5-3-6-19(13-18)29-2/h3,5-10,13H,4,11-12,14-15H2,1-2H3,(H,24,27)(H,25,28)/t22-/m1/s1. The number of piperidine rings is 1. The summed E-state index contributed by atoms with van der Waals surface area (Å²) in [6.07, 6.45) is 3.47. The summed E-state index contributed by atoms with van der Waals surface area (Å²) in [5.41, 5.74) is 0.925. The third kappa shape index (κ3) is 5.50. The molecule has 0 saturated carbocycles. The molecule has 2 aromatic carbocycles. The molecule has 0 aromatic heterocycles. The third-order valence-electron chi connectivity index (χ3n) is 5.22. The molecule has 0 aliphatic carbocycles. The molecule has 7 heteroatoms. The van der Waals surface area contributed by atoms with E-state index in [2.05, 4.69) is 10.6 Å². The number of benzene rings is 2. The third-order valence-corrected chi connectivity index (χ3v) is 5.94. The van der Waals surface area contributed by atoms with E-state index < -0.39 is 5.41 Å². The second-order valence-corrected chi connectivity index (χ2v) is 8.44. The van der Waals surface area contributed by atoms with Crippen LogP contribution in [0, 0.1) is 11.2 Å². The molecule has 1 fully saturated rings. The van der Waals surface area contributed by atoms with E-state index in [1.165, 1.54) is 12.1 Å². The van der Waals surface area contributed by atoms with Gasteiger partial charge in [0, 0.05) is 30.2 Å². The summed E-state index contributed by atoms with van der Waals surface area (Å²) < 4.78 is 13.0. The molecule has 1 atom stereocenters. The number of anilines is 1. The number of nitrogens with zero attached hydrogens (tertiary/aromatic N) is 1. The Bertz CT molecular complexity index is 875. The van der Waals surface area contributed by atoms with Crippen molar-refractivity contribution in [3.05, 3.63) is 59.9 Å². The van der Waals surface area contributed by atoms with E-state index in [0.717, 1.165) is 22.6 Å². The van der Waals surface area contributed by atoms with Gasteiger partial charge in [-0.2, -0.15) is 0 Å². The van der Waals surface area contributed by atoms with Crippen molar-refractivity contribution in [2.75, 3.05) is 24.7 Å². The van der Waals surface area contributed by atoms with E-state index in [1.807, 2.05) is 37.4 Å². The number of amides is 3. The summed E-state index contributed by atoms with van der Waals surface area (Å²) in [4.78, 5) is 28.3. The topological polar surface area (TPSA) is 61.4 Å². The van der Waals surface area contributed by atoms with Crippen molar-refractivity contribution in [2.24, 2.45) is 5.41 Å². The lowest BCUT2D eigenvalue weighted by Gasteiger charge is -2.39. The fourth-order valence-corrected chi connectivity index (χ4v) is 3.96. The molecule has 1 aliphatic heterocycles. The van der Waals surface area contributed by atoms with Gasteiger partial charge in [-0.15, -0.1) is 11.8 Å². The molecule has 5 nitrogen and oxygen atoms in total. The Morgan fingerprint density at radius 3 is 2.69 bits per heavy atom. The molecule has 1 aliphatic rings. The number of nitrogens with one attached hydrogen (secondary N) is 2. The van der Waals surface area contributed by atoms with Crippen LogP contribution in [0.5, 0.6) is 0 Å². The normalized spacial score (nSPS) is 18.9. The fraction of sp³-hybridized carbons (Fsp3) is 0.364. The van der Waals surface area contributed by atoms with Crippen molar-refractivity contribution in [3.63, 3.8) is 0 Å². The van der Waals surface area contributed by atoms with E-state index in [0.29, 0.717) is 26.1 Å². The number of hydrogen-bond donors (Lipinski definition) is 2. The van der Waals surface area contributed by atoms with Crippen LogP contribution in [0.15, 0.2) is 53.4 Å². The largest absolute Gasteiger partial charge is 0.351 e. The maximum absolute atomic E-state index is 13.0. The minimum absolute atomic E-state index is 0.0938.